The van der Waals surface area contributed by atoms with Crippen LogP contribution in [0.1, 0.15) is 56.1 Å². The zero-order valence-electron chi connectivity index (χ0n) is 12.6. The predicted molar refractivity (Wildman–Crippen MR) is 84.7 cm³/mol. The van der Waals surface area contributed by atoms with E-state index in [9.17, 15) is 0 Å². The van der Waals surface area contributed by atoms with E-state index in [-0.39, 0.29) is 5.41 Å². The van der Waals surface area contributed by atoms with Gasteiger partial charge in [0.25, 0.3) is 0 Å². The molecule has 1 spiro atoms. The van der Waals surface area contributed by atoms with Gasteiger partial charge < -0.3 is 4.74 Å². The molecule has 2 aliphatic carbocycles. The Kier molecular flexibility index (Phi) is 3.99. The van der Waals surface area contributed by atoms with Gasteiger partial charge in [-0.05, 0) is 43.9 Å². The topological polar surface area (TPSA) is 9.23 Å². The summed E-state index contributed by atoms with van der Waals surface area (Å²) in [6.45, 7) is 4.30. The molecule has 1 aromatic carbocycles. The SMILES string of the molecule is Cc1cccc(OC2CC(Cl)C23CCCCCC3)c1C. The van der Waals surface area contributed by atoms with E-state index < -0.39 is 0 Å². The van der Waals surface area contributed by atoms with Crippen molar-refractivity contribution in [3.63, 3.8) is 0 Å². The standard InChI is InChI=1S/C18H25ClO/c1-13-8-7-9-15(14(13)2)20-17-12-16(19)18(17)10-5-3-4-6-11-18/h7-9,16-17H,3-6,10-12H2,1-2H3. The van der Waals surface area contributed by atoms with E-state index in [2.05, 4.69) is 32.0 Å². The lowest BCUT2D eigenvalue weighted by Gasteiger charge is -2.53. The molecule has 0 radical (unpaired) electrons. The lowest BCUT2D eigenvalue weighted by Crippen LogP contribution is -2.57. The molecule has 0 heterocycles. The number of alkyl halides is 1. The number of hydrogen-bond donors (Lipinski definition) is 0. The first-order valence-corrected chi connectivity index (χ1v) is 8.44. The number of rotatable bonds is 2. The molecule has 3 rings (SSSR count). The van der Waals surface area contributed by atoms with E-state index in [0.717, 1.165) is 12.2 Å². The zero-order valence-corrected chi connectivity index (χ0v) is 13.4. The van der Waals surface area contributed by atoms with Gasteiger partial charge in [0.05, 0.1) is 0 Å². The molecule has 2 unspecified atom stereocenters. The van der Waals surface area contributed by atoms with Crippen LogP contribution in [0.25, 0.3) is 0 Å². The number of ether oxygens (including phenoxy) is 1. The van der Waals surface area contributed by atoms with Crippen molar-refractivity contribution in [3.8, 4) is 5.75 Å². The second-order valence-electron chi connectivity index (χ2n) is 6.66. The molecule has 0 bridgehead atoms. The van der Waals surface area contributed by atoms with E-state index >= 15 is 0 Å². The summed E-state index contributed by atoms with van der Waals surface area (Å²) < 4.78 is 6.40. The molecule has 0 N–H and O–H groups in total. The van der Waals surface area contributed by atoms with Gasteiger partial charge in [-0.2, -0.15) is 0 Å². The minimum atomic E-state index is 0.244. The first-order valence-electron chi connectivity index (χ1n) is 8.00. The number of halogens is 1. The van der Waals surface area contributed by atoms with Crippen LogP contribution in [0.15, 0.2) is 18.2 Å². The highest BCUT2D eigenvalue weighted by Crippen LogP contribution is 2.55. The Bertz CT molecular complexity index is 474. The molecule has 2 heteroatoms. The van der Waals surface area contributed by atoms with Gasteiger partial charge in [-0.25, -0.2) is 0 Å². The van der Waals surface area contributed by atoms with Crippen LogP contribution in [0, 0.1) is 19.3 Å². The quantitative estimate of drug-likeness (QED) is 0.663. The second kappa shape index (κ2) is 5.60. The van der Waals surface area contributed by atoms with Crippen molar-refractivity contribution in [1.82, 2.24) is 0 Å². The monoisotopic (exact) mass is 292 g/mol. The van der Waals surface area contributed by atoms with Crippen molar-refractivity contribution in [3.05, 3.63) is 29.3 Å². The van der Waals surface area contributed by atoms with E-state index in [1.54, 1.807) is 0 Å². The Morgan fingerprint density at radius 1 is 1.10 bits per heavy atom. The van der Waals surface area contributed by atoms with Crippen molar-refractivity contribution in [2.75, 3.05) is 0 Å². The Morgan fingerprint density at radius 3 is 2.45 bits per heavy atom. The molecular weight excluding hydrogens is 268 g/mol. The highest BCUT2D eigenvalue weighted by Gasteiger charge is 2.55. The van der Waals surface area contributed by atoms with Gasteiger partial charge in [0.2, 0.25) is 0 Å². The van der Waals surface area contributed by atoms with E-state index in [4.69, 9.17) is 16.3 Å². The normalized spacial score (nSPS) is 28.8. The third-order valence-electron chi connectivity index (χ3n) is 5.54. The Morgan fingerprint density at radius 2 is 1.80 bits per heavy atom. The lowest BCUT2D eigenvalue weighted by molar-refractivity contribution is -0.0516. The van der Waals surface area contributed by atoms with Crippen molar-refractivity contribution < 1.29 is 4.74 Å². The number of hydrogen-bond acceptors (Lipinski definition) is 1. The van der Waals surface area contributed by atoms with Gasteiger partial charge in [0.15, 0.2) is 0 Å². The van der Waals surface area contributed by atoms with Gasteiger partial charge in [-0.3, -0.25) is 0 Å². The summed E-state index contributed by atoms with van der Waals surface area (Å²) in [6.07, 6.45) is 9.18. The highest BCUT2D eigenvalue weighted by molar-refractivity contribution is 6.21. The average molecular weight is 293 g/mol. The summed E-state index contributed by atoms with van der Waals surface area (Å²) >= 11 is 6.61. The van der Waals surface area contributed by atoms with Gasteiger partial charge >= 0.3 is 0 Å². The van der Waals surface area contributed by atoms with Gasteiger partial charge in [-0.15, -0.1) is 11.6 Å². The molecule has 2 aliphatic rings. The van der Waals surface area contributed by atoms with Crippen molar-refractivity contribution in [2.24, 2.45) is 5.41 Å². The molecule has 0 amide bonds. The van der Waals surface area contributed by atoms with Crippen molar-refractivity contribution >= 4 is 11.6 Å². The fraction of sp³-hybridized carbons (Fsp3) is 0.667. The molecule has 1 nitrogen and oxygen atoms in total. The maximum Gasteiger partial charge on any atom is 0.122 e. The largest absolute Gasteiger partial charge is 0.489 e. The van der Waals surface area contributed by atoms with Crippen LogP contribution in [0.4, 0.5) is 0 Å². The van der Waals surface area contributed by atoms with E-state index in [1.807, 2.05) is 0 Å². The summed E-state index contributed by atoms with van der Waals surface area (Å²) in [5.41, 5.74) is 2.82. The van der Waals surface area contributed by atoms with Crippen LogP contribution < -0.4 is 4.74 Å². The third-order valence-corrected chi connectivity index (χ3v) is 6.16. The third kappa shape index (κ3) is 2.35. The Balaban J connectivity index is 1.78. The summed E-state index contributed by atoms with van der Waals surface area (Å²) in [6, 6.07) is 6.34. The average Bonchev–Trinajstić information content (AvgIpc) is 2.71. The molecule has 110 valence electrons. The fourth-order valence-electron chi connectivity index (χ4n) is 3.89. The molecule has 20 heavy (non-hydrogen) atoms. The highest BCUT2D eigenvalue weighted by atomic mass is 35.5. The van der Waals surface area contributed by atoms with Gasteiger partial charge in [0, 0.05) is 17.2 Å². The predicted octanol–water partition coefficient (Wildman–Crippen LogP) is 5.40. The summed E-state index contributed by atoms with van der Waals surface area (Å²) in [4.78, 5) is 0. The lowest BCUT2D eigenvalue weighted by atomic mass is 9.61. The number of aryl methyl sites for hydroxylation is 1. The van der Waals surface area contributed by atoms with Crippen LogP contribution in [-0.2, 0) is 0 Å². The molecule has 1 aromatic rings. The van der Waals surface area contributed by atoms with E-state index in [1.165, 1.54) is 49.7 Å². The first kappa shape index (κ1) is 14.3. The van der Waals surface area contributed by atoms with Crippen LogP contribution in [0.2, 0.25) is 0 Å². The smallest absolute Gasteiger partial charge is 0.122 e. The van der Waals surface area contributed by atoms with Gasteiger partial charge in [0.1, 0.15) is 11.9 Å². The van der Waals surface area contributed by atoms with Gasteiger partial charge in [-0.1, -0.05) is 37.8 Å². The first-order chi connectivity index (χ1) is 9.63. The van der Waals surface area contributed by atoms with Crippen LogP contribution in [0.5, 0.6) is 5.75 Å². The summed E-state index contributed by atoms with van der Waals surface area (Å²) in [5.74, 6) is 1.06. The minimum absolute atomic E-state index is 0.244. The summed E-state index contributed by atoms with van der Waals surface area (Å²) in [7, 11) is 0. The van der Waals surface area contributed by atoms with Crippen molar-refractivity contribution in [1.29, 1.82) is 0 Å². The molecule has 0 saturated heterocycles. The molecular formula is C18H25ClO. The number of benzene rings is 1. The second-order valence-corrected chi connectivity index (χ2v) is 7.18. The molecule has 0 aliphatic heterocycles. The Hall–Kier alpha value is -0.690. The maximum absolute atomic E-state index is 6.61. The zero-order chi connectivity index (χ0) is 14.2. The molecule has 2 atom stereocenters. The molecule has 2 saturated carbocycles. The van der Waals surface area contributed by atoms with Crippen LogP contribution in [-0.4, -0.2) is 11.5 Å². The van der Waals surface area contributed by atoms with Crippen LogP contribution in [0.3, 0.4) is 0 Å². The van der Waals surface area contributed by atoms with Crippen molar-refractivity contribution in [2.45, 2.75) is 70.3 Å². The summed E-state index contributed by atoms with van der Waals surface area (Å²) in [5, 5.41) is 0.315. The van der Waals surface area contributed by atoms with E-state index in [0.29, 0.717) is 11.5 Å². The Labute approximate surface area is 127 Å². The molecule has 0 aromatic heterocycles. The maximum atomic E-state index is 6.61. The fourth-order valence-corrected chi connectivity index (χ4v) is 4.41. The molecule has 2 fully saturated rings. The minimum Gasteiger partial charge on any atom is -0.489 e. The van der Waals surface area contributed by atoms with Crippen LogP contribution >= 0.6 is 11.6 Å².